The maximum Gasteiger partial charge on any atom is 0.193 e. The molecule has 1 fully saturated rings. The number of methoxy groups -OCH3 is 1. The van der Waals surface area contributed by atoms with E-state index < -0.39 is 0 Å². The van der Waals surface area contributed by atoms with Crippen LogP contribution in [0.5, 0.6) is 0 Å². The summed E-state index contributed by atoms with van der Waals surface area (Å²) in [5.41, 5.74) is 0.190. The highest BCUT2D eigenvalue weighted by atomic mass is 16.5. The third kappa shape index (κ3) is 6.66. The topological polar surface area (TPSA) is 40.1 Å². The van der Waals surface area contributed by atoms with E-state index in [-0.39, 0.29) is 5.41 Å². The average molecular weight is 298 g/mol. The van der Waals surface area contributed by atoms with Crippen LogP contribution < -0.4 is 5.32 Å². The lowest BCUT2D eigenvalue weighted by atomic mass is 9.93. The predicted octanol–water partition coefficient (Wildman–Crippen LogP) is 1.51. The summed E-state index contributed by atoms with van der Waals surface area (Å²) in [6, 6.07) is 0. The molecule has 0 aliphatic carbocycles. The fourth-order valence-electron chi connectivity index (χ4n) is 3.02. The van der Waals surface area contributed by atoms with Crippen molar-refractivity contribution in [2.45, 2.75) is 27.2 Å². The van der Waals surface area contributed by atoms with Crippen molar-refractivity contribution in [3.63, 3.8) is 0 Å². The first-order valence-electron chi connectivity index (χ1n) is 8.05. The zero-order chi connectivity index (χ0) is 15.9. The molecule has 1 heterocycles. The van der Waals surface area contributed by atoms with Gasteiger partial charge < -0.3 is 19.9 Å². The number of rotatable bonds is 7. The minimum Gasteiger partial charge on any atom is -0.384 e. The standard InChI is InChI=1S/C16H34N4O/c1-7-17-15(18-12-16(2,3)13-19(4)5)20-9-8-14(10-20)11-21-6/h14H,7-13H2,1-6H3,(H,17,18). The number of nitrogens with zero attached hydrogens (tertiary/aromatic N) is 3. The van der Waals surface area contributed by atoms with Gasteiger partial charge in [0.05, 0.1) is 6.61 Å². The number of nitrogens with one attached hydrogen (secondary N) is 1. The number of aliphatic imine (C=N–C) groups is 1. The molecule has 1 rings (SSSR count). The third-order valence-corrected chi connectivity index (χ3v) is 3.72. The van der Waals surface area contributed by atoms with Gasteiger partial charge in [0.15, 0.2) is 5.96 Å². The molecule has 0 saturated carbocycles. The van der Waals surface area contributed by atoms with Gasteiger partial charge >= 0.3 is 0 Å². The second-order valence-corrected chi connectivity index (χ2v) is 7.13. The van der Waals surface area contributed by atoms with Gasteiger partial charge in [-0.25, -0.2) is 0 Å². The summed E-state index contributed by atoms with van der Waals surface area (Å²) >= 11 is 0. The van der Waals surface area contributed by atoms with Crippen LogP contribution in [-0.2, 0) is 4.74 Å². The van der Waals surface area contributed by atoms with Crippen molar-refractivity contribution in [2.75, 3.05) is 60.5 Å². The molecule has 0 amide bonds. The molecule has 0 aromatic carbocycles. The average Bonchev–Trinajstić information content (AvgIpc) is 2.82. The van der Waals surface area contributed by atoms with Crippen LogP contribution in [0.3, 0.4) is 0 Å². The van der Waals surface area contributed by atoms with E-state index in [2.05, 4.69) is 50.0 Å². The Morgan fingerprint density at radius 3 is 2.71 bits per heavy atom. The SMILES string of the molecule is CCNC(=NCC(C)(C)CN(C)C)N1CCC(COC)C1. The quantitative estimate of drug-likeness (QED) is 0.571. The van der Waals surface area contributed by atoms with E-state index in [0.29, 0.717) is 5.92 Å². The molecule has 0 aromatic rings. The van der Waals surface area contributed by atoms with Crippen molar-refractivity contribution in [3.05, 3.63) is 0 Å². The summed E-state index contributed by atoms with van der Waals surface area (Å²) < 4.78 is 5.28. The van der Waals surface area contributed by atoms with Crippen molar-refractivity contribution >= 4 is 5.96 Å². The molecule has 1 unspecified atom stereocenters. The Kier molecular flexibility index (Phi) is 7.46. The highest BCUT2D eigenvalue weighted by molar-refractivity contribution is 5.80. The summed E-state index contributed by atoms with van der Waals surface area (Å²) in [6.45, 7) is 12.5. The lowest BCUT2D eigenvalue weighted by molar-refractivity contribution is 0.157. The van der Waals surface area contributed by atoms with Crippen molar-refractivity contribution < 1.29 is 4.74 Å². The molecule has 5 nitrogen and oxygen atoms in total. The van der Waals surface area contributed by atoms with Crippen LogP contribution in [0.25, 0.3) is 0 Å². The molecule has 1 atom stereocenters. The number of ether oxygens (including phenoxy) is 1. The van der Waals surface area contributed by atoms with E-state index in [1.54, 1.807) is 7.11 Å². The van der Waals surface area contributed by atoms with Gasteiger partial charge in [-0.3, -0.25) is 4.99 Å². The molecule has 1 aliphatic heterocycles. The van der Waals surface area contributed by atoms with E-state index in [4.69, 9.17) is 9.73 Å². The van der Waals surface area contributed by atoms with Gasteiger partial charge in [0, 0.05) is 45.8 Å². The number of guanidine groups is 1. The number of likely N-dealkylation sites (tertiary alicyclic amines) is 1. The minimum absolute atomic E-state index is 0.190. The second kappa shape index (κ2) is 8.59. The zero-order valence-electron chi connectivity index (χ0n) is 14.8. The summed E-state index contributed by atoms with van der Waals surface area (Å²) in [5, 5.41) is 3.43. The van der Waals surface area contributed by atoms with Crippen molar-refractivity contribution in [3.8, 4) is 0 Å². The fourth-order valence-corrected chi connectivity index (χ4v) is 3.02. The molecule has 0 radical (unpaired) electrons. The van der Waals surface area contributed by atoms with Crippen LogP contribution in [0.2, 0.25) is 0 Å². The molecule has 0 aromatic heterocycles. The molecule has 0 bridgehead atoms. The van der Waals surface area contributed by atoms with Gasteiger partial charge in [0.1, 0.15) is 0 Å². The number of hydrogen-bond donors (Lipinski definition) is 1. The Bertz CT molecular complexity index is 328. The highest BCUT2D eigenvalue weighted by Gasteiger charge is 2.25. The Labute approximate surface area is 130 Å². The second-order valence-electron chi connectivity index (χ2n) is 7.13. The Morgan fingerprint density at radius 1 is 1.43 bits per heavy atom. The Balaban J connectivity index is 2.62. The molecule has 124 valence electrons. The molecular formula is C16H34N4O. The molecule has 21 heavy (non-hydrogen) atoms. The molecule has 5 heteroatoms. The summed E-state index contributed by atoms with van der Waals surface area (Å²) in [7, 11) is 6.02. The lowest BCUT2D eigenvalue weighted by Crippen LogP contribution is -2.41. The normalized spacial score (nSPS) is 20.4. The van der Waals surface area contributed by atoms with E-state index in [0.717, 1.165) is 45.3 Å². The van der Waals surface area contributed by atoms with Gasteiger partial charge in [-0.1, -0.05) is 13.8 Å². The molecule has 0 spiro atoms. The maximum absolute atomic E-state index is 5.28. The maximum atomic E-state index is 5.28. The minimum atomic E-state index is 0.190. The van der Waals surface area contributed by atoms with Crippen molar-refractivity contribution in [1.29, 1.82) is 0 Å². The van der Waals surface area contributed by atoms with Crippen LogP contribution in [-0.4, -0.2) is 76.3 Å². The largest absolute Gasteiger partial charge is 0.384 e. The first-order valence-corrected chi connectivity index (χ1v) is 8.05. The molecular weight excluding hydrogens is 264 g/mol. The molecule has 1 aliphatic rings. The lowest BCUT2D eigenvalue weighted by Gasteiger charge is -2.28. The van der Waals surface area contributed by atoms with Crippen molar-refractivity contribution in [1.82, 2.24) is 15.1 Å². The fraction of sp³-hybridized carbons (Fsp3) is 0.938. The first kappa shape index (κ1) is 18.2. The Hall–Kier alpha value is -0.810. The van der Waals surface area contributed by atoms with Gasteiger partial charge in [0.25, 0.3) is 0 Å². The molecule has 1 saturated heterocycles. The first-order chi connectivity index (χ1) is 9.88. The third-order valence-electron chi connectivity index (χ3n) is 3.72. The van der Waals surface area contributed by atoms with Crippen molar-refractivity contribution in [2.24, 2.45) is 16.3 Å². The smallest absolute Gasteiger partial charge is 0.193 e. The zero-order valence-corrected chi connectivity index (χ0v) is 14.8. The predicted molar refractivity (Wildman–Crippen MR) is 89.9 cm³/mol. The highest BCUT2D eigenvalue weighted by Crippen LogP contribution is 2.19. The van der Waals surface area contributed by atoms with E-state index in [1.807, 2.05) is 0 Å². The summed E-state index contributed by atoms with van der Waals surface area (Å²) in [5.74, 6) is 1.69. The van der Waals surface area contributed by atoms with Crippen LogP contribution in [0.4, 0.5) is 0 Å². The number of hydrogen-bond acceptors (Lipinski definition) is 3. The summed E-state index contributed by atoms with van der Waals surface area (Å²) in [6.07, 6.45) is 1.19. The van der Waals surface area contributed by atoms with Gasteiger partial charge in [-0.2, -0.15) is 0 Å². The monoisotopic (exact) mass is 298 g/mol. The van der Waals surface area contributed by atoms with Gasteiger partial charge in [-0.05, 0) is 32.9 Å². The summed E-state index contributed by atoms with van der Waals surface area (Å²) in [4.78, 5) is 9.48. The van der Waals surface area contributed by atoms with E-state index >= 15 is 0 Å². The van der Waals surface area contributed by atoms with Crippen LogP contribution in [0, 0.1) is 11.3 Å². The van der Waals surface area contributed by atoms with E-state index in [9.17, 15) is 0 Å². The van der Waals surface area contributed by atoms with Crippen LogP contribution in [0.1, 0.15) is 27.2 Å². The van der Waals surface area contributed by atoms with Gasteiger partial charge in [0.2, 0.25) is 0 Å². The van der Waals surface area contributed by atoms with Crippen LogP contribution in [0.15, 0.2) is 4.99 Å². The van der Waals surface area contributed by atoms with Crippen LogP contribution >= 0.6 is 0 Å². The van der Waals surface area contributed by atoms with E-state index in [1.165, 1.54) is 6.42 Å². The Morgan fingerprint density at radius 2 is 2.14 bits per heavy atom. The molecule has 1 N–H and O–H groups in total. The van der Waals surface area contributed by atoms with Gasteiger partial charge in [-0.15, -0.1) is 0 Å².